The molecule has 1 aliphatic heterocycles. The maximum atomic E-state index is 12.5. The SMILES string of the molecule is CN(C)c1ccc(C2CC(=O)N(C)C2Cc2ccc(-c3ccccc3)s2)cc1. The van der Waals surface area contributed by atoms with E-state index in [1.807, 2.05) is 43.4 Å². The van der Waals surface area contributed by atoms with Gasteiger partial charge in [-0.25, -0.2) is 0 Å². The van der Waals surface area contributed by atoms with E-state index in [9.17, 15) is 4.79 Å². The second-order valence-corrected chi connectivity index (χ2v) is 8.87. The number of likely N-dealkylation sites (tertiary alicyclic amines) is 1. The summed E-state index contributed by atoms with van der Waals surface area (Å²) >= 11 is 1.84. The minimum Gasteiger partial charge on any atom is -0.378 e. The largest absolute Gasteiger partial charge is 0.378 e. The summed E-state index contributed by atoms with van der Waals surface area (Å²) in [7, 11) is 6.05. The van der Waals surface area contributed by atoms with E-state index in [0.717, 1.165) is 6.42 Å². The lowest BCUT2D eigenvalue weighted by Gasteiger charge is -2.25. The number of benzene rings is 2. The van der Waals surface area contributed by atoms with Crippen LogP contribution in [0.4, 0.5) is 5.69 Å². The summed E-state index contributed by atoms with van der Waals surface area (Å²) in [6, 6.07) is 23.8. The third kappa shape index (κ3) is 3.69. The molecule has 0 N–H and O–H groups in total. The molecule has 144 valence electrons. The fourth-order valence-corrected chi connectivity index (χ4v) is 5.08. The summed E-state index contributed by atoms with van der Waals surface area (Å²) in [6.07, 6.45) is 1.50. The maximum Gasteiger partial charge on any atom is 0.223 e. The van der Waals surface area contributed by atoms with E-state index >= 15 is 0 Å². The third-order valence-electron chi connectivity index (χ3n) is 5.72. The average molecular weight is 391 g/mol. The molecule has 3 aromatic rings. The van der Waals surface area contributed by atoms with Gasteiger partial charge in [0.25, 0.3) is 0 Å². The Kier molecular flexibility index (Phi) is 5.23. The van der Waals surface area contributed by atoms with Gasteiger partial charge in [0.1, 0.15) is 0 Å². The van der Waals surface area contributed by atoms with E-state index in [1.165, 1.54) is 26.6 Å². The van der Waals surface area contributed by atoms with Gasteiger partial charge in [-0.05, 0) is 35.4 Å². The van der Waals surface area contributed by atoms with Crippen LogP contribution < -0.4 is 4.90 Å². The van der Waals surface area contributed by atoms with Crippen molar-refractivity contribution in [2.75, 3.05) is 26.0 Å². The Labute approximate surface area is 171 Å². The molecule has 1 fully saturated rings. The summed E-state index contributed by atoms with van der Waals surface area (Å²) in [5.74, 6) is 0.488. The summed E-state index contributed by atoms with van der Waals surface area (Å²) in [6.45, 7) is 0. The summed E-state index contributed by atoms with van der Waals surface area (Å²) in [5, 5.41) is 0. The van der Waals surface area contributed by atoms with Gasteiger partial charge in [-0.15, -0.1) is 11.3 Å². The quantitative estimate of drug-likeness (QED) is 0.609. The van der Waals surface area contributed by atoms with E-state index in [1.54, 1.807) is 0 Å². The first-order valence-corrected chi connectivity index (χ1v) is 10.5. The van der Waals surface area contributed by atoms with Crippen molar-refractivity contribution in [3.63, 3.8) is 0 Å². The molecule has 0 aliphatic carbocycles. The molecule has 1 saturated heterocycles. The number of nitrogens with zero attached hydrogens (tertiary/aromatic N) is 2. The van der Waals surface area contributed by atoms with Gasteiger partial charge >= 0.3 is 0 Å². The fraction of sp³-hybridized carbons (Fsp3) is 0.292. The van der Waals surface area contributed by atoms with Gasteiger partial charge in [-0.1, -0.05) is 42.5 Å². The van der Waals surface area contributed by atoms with Gasteiger partial charge in [0, 0.05) is 61.4 Å². The smallest absolute Gasteiger partial charge is 0.223 e. The van der Waals surface area contributed by atoms with Gasteiger partial charge in [0.15, 0.2) is 0 Å². The van der Waals surface area contributed by atoms with Crippen LogP contribution >= 0.6 is 11.3 Å². The maximum absolute atomic E-state index is 12.5. The molecule has 1 aromatic heterocycles. The Morgan fingerprint density at radius 1 is 1.00 bits per heavy atom. The molecular weight excluding hydrogens is 364 g/mol. The van der Waals surface area contributed by atoms with Crippen LogP contribution in [0.5, 0.6) is 0 Å². The number of rotatable bonds is 5. The lowest BCUT2D eigenvalue weighted by atomic mass is 9.89. The number of thiophene rings is 1. The highest BCUT2D eigenvalue weighted by molar-refractivity contribution is 7.15. The van der Waals surface area contributed by atoms with Crippen LogP contribution in [0.3, 0.4) is 0 Å². The topological polar surface area (TPSA) is 23.6 Å². The zero-order valence-corrected chi connectivity index (χ0v) is 17.4. The monoisotopic (exact) mass is 390 g/mol. The lowest BCUT2D eigenvalue weighted by molar-refractivity contribution is -0.127. The predicted molar refractivity (Wildman–Crippen MR) is 118 cm³/mol. The van der Waals surface area contributed by atoms with E-state index in [0.29, 0.717) is 6.42 Å². The molecule has 2 unspecified atom stereocenters. The average Bonchev–Trinajstić information content (AvgIpc) is 3.29. The molecule has 28 heavy (non-hydrogen) atoms. The molecule has 0 spiro atoms. The molecule has 0 saturated carbocycles. The molecule has 0 radical (unpaired) electrons. The summed E-state index contributed by atoms with van der Waals surface area (Å²) in [5.41, 5.74) is 3.70. The van der Waals surface area contributed by atoms with Crippen molar-refractivity contribution in [3.8, 4) is 10.4 Å². The van der Waals surface area contributed by atoms with E-state index in [2.05, 4.69) is 65.6 Å². The van der Waals surface area contributed by atoms with E-state index in [4.69, 9.17) is 0 Å². The Hall–Kier alpha value is -2.59. The lowest BCUT2D eigenvalue weighted by Crippen LogP contribution is -2.32. The van der Waals surface area contributed by atoms with Crippen molar-refractivity contribution in [2.24, 2.45) is 0 Å². The van der Waals surface area contributed by atoms with E-state index < -0.39 is 0 Å². The number of likely N-dealkylation sites (N-methyl/N-ethyl adjacent to an activating group) is 1. The normalized spacial score (nSPS) is 19.2. The number of carbonyl (C=O) groups is 1. The third-order valence-corrected chi connectivity index (χ3v) is 6.87. The van der Waals surface area contributed by atoms with Crippen LogP contribution in [-0.2, 0) is 11.2 Å². The Balaban J connectivity index is 1.56. The second-order valence-electron chi connectivity index (χ2n) is 7.70. The van der Waals surface area contributed by atoms with Crippen LogP contribution in [0.15, 0.2) is 66.7 Å². The van der Waals surface area contributed by atoms with Crippen molar-refractivity contribution in [2.45, 2.75) is 24.8 Å². The van der Waals surface area contributed by atoms with Crippen LogP contribution in [-0.4, -0.2) is 38.0 Å². The van der Waals surface area contributed by atoms with E-state index in [-0.39, 0.29) is 17.9 Å². The fourth-order valence-electron chi connectivity index (χ4n) is 4.01. The van der Waals surface area contributed by atoms with Gasteiger partial charge < -0.3 is 9.80 Å². The molecule has 3 nitrogen and oxygen atoms in total. The first kappa shape index (κ1) is 18.8. The molecule has 1 aliphatic rings. The van der Waals surface area contributed by atoms with Crippen molar-refractivity contribution in [1.82, 2.24) is 4.90 Å². The molecule has 2 aromatic carbocycles. The first-order valence-electron chi connectivity index (χ1n) is 9.70. The molecule has 1 amide bonds. The Morgan fingerprint density at radius 3 is 2.39 bits per heavy atom. The molecule has 0 bridgehead atoms. The highest BCUT2D eigenvalue weighted by atomic mass is 32.1. The highest BCUT2D eigenvalue weighted by Gasteiger charge is 2.38. The Bertz CT molecular complexity index is 946. The van der Waals surface area contributed by atoms with Gasteiger partial charge in [-0.3, -0.25) is 4.79 Å². The predicted octanol–water partition coefficient (Wildman–Crippen LogP) is 5.04. The number of carbonyl (C=O) groups excluding carboxylic acids is 1. The van der Waals surface area contributed by atoms with Crippen LogP contribution in [0, 0.1) is 0 Å². The first-order chi connectivity index (χ1) is 13.5. The van der Waals surface area contributed by atoms with Crippen LogP contribution in [0.1, 0.15) is 22.8 Å². The van der Waals surface area contributed by atoms with Crippen LogP contribution in [0.25, 0.3) is 10.4 Å². The minimum atomic E-state index is 0.208. The standard InChI is InChI=1S/C24H26N2OS/c1-25(2)19-11-9-17(10-12-19)21-16-24(27)26(3)22(21)15-20-13-14-23(28-20)18-7-5-4-6-8-18/h4-14,21-22H,15-16H2,1-3H3. The number of hydrogen-bond donors (Lipinski definition) is 0. The van der Waals surface area contributed by atoms with Gasteiger partial charge in [0.2, 0.25) is 5.91 Å². The van der Waals surface area contributed by atoms with Crippen molar-refractivity contribution in [1.29, 1.82) is 0 Å². The number of anilines is 1. The summed E-state index contributed by atoms with van der Waals surface area (Å²) < 4.78 is 0. The zero-order chi connectivity index (χ0) is 19.7. The Morgan fingerprint density at radius 2 is 1.71 bits per heavy atom. The molecule has 4 heteroatoms. The molecule has 4 rings (SSSR count). The minimum absolute atomic E-state index is 0.208. The summed E-state index contributed by atoms with van der Waals surface area (Å²) in [4.78, 5) is 19.2. The van der Waals surface area contributed by atoms with Crippen molar-refractivity contribution >= 4 is 22.9 Å². The van der Waals surface area contributed by atoms with Crippen molar-refractivity contribution < 1.29 is 4.79 Å². The number of hydrogen-bond acceptors (Lipinski definition) is 3. The van der Waals surface area contributed by atoms with Crippen molar-refractivity contribution in [3.05, 3.63) is 77.2 Å². The van der Waals surface area contributed by atoms with Gasteiger partial charge in [-0.2, -0.15) is 0 Å². The molecular formula is C24H26N2OS. The molecule has 2 atom stereocenters. The van der Waals surface area contributed by atoms with Gasteiger partial charge in [0.05, 0.1) is 0 Å². The second kappa shape index (κ2) is 7.80. The zero-order valence-electron chi connectivity index (χ0n) is 16.6. The highest BCUT2D eigenvalue weighted by Crippen LogP contribution is 2.38. The number of amides is 1. The van der Waals surface area contributed by atoms with Crippen LogP contribution in [0.2, 0.25) is 0 Å². The molecule has 2 heterocycles.